The molecule has 8 atom stereocenters. The van der Waals surface area contributed by atoms with Crippen molar-refractivity contribution in [2.75, 3.05) is 19.7 Å². The largest absolute Gasteiger partial charge is 0.458 e. The minimum atomic E-state index is -0.592. The molecule has 33 heavy (non-hydrogen) atoms. The third-order valence-corrected chi connectivity index (χ3v) is 11.8. The molecule has 0 bridgehead atoms. The van der Waals surface area contributed by atoms with E-state index in [1.807, 2.05) is 0 Å². The summed E-state index contributed by atoms with van der Waals surface area (Å²) in [4.78, 5) is 11.8. The first-order valence-electron chi connectivity index (χ1n) is 13.9. The Morgan fingerprint density at radius 2 is 1.79 bits per heavy atom. The summed E-state index contributed by atoms with van der Waals surface area (Å²) in [5.74, 6) is 1.95. The molecule has 0 spiro atoms. The van der Waals surface area contributed by atoms with Crippen LogP contribution in [0.25, 0.3) is 0 Å². The van der Waals surface area contributed by atoms with E-state index in [2.05, 4.69) is 24.5 Å². The molecular formula is C28H44N2O3. The van der Waals surface area contributed by atoms with Gasteiger partial charge in [-0.25, -0.2) is 4.79 Å². The van der Waals surface area contributed by atoms with Gasteiger partial charge in [-0.3, -0.25) is 0 Å². The molecule has 4 aliphatic carbocycles. The summed E-state index contributed by atoms with van der Waals surface area (Å²) in [6.07, 6.45) is 14.9. The summed E-state index contributed by atoms with van der Waals surface area (Å²) < 4.78 is 5.27. The van der Waals surface area contributed by atoms with Crippen molar-refractivity contribution >= 4 is 5.97 Å². The third-order valence-electron chi connectivity index (χ3n) is 11.8. The zero-order chi connectivity index (χ0) is 22.8. The van der Waals surface area contributed by atoms with Gasteiger partial charge in [-0.1, -0.05) is 13.8 Å². The van der Waals surface area contributed by atoms with Crippen LogP contribution in [0.1, 0.15) is 84.5 Å². The first kappa shape index (κ1) is 22.5. The van der Waals surface area contributed by atoms with Crippen LogP contribution in [0.15, 0.2) is 11.6 Å². The van der Waals surface area contributed by atoms with E-state index in [-0.39, 0.29) is 11.4 Å². The fourth-order valence-electron chi connectivity index (χ4n) is 9.88. The number of ether oxygens (including phenoxy) is 1. The number of carbonyl (C=O) groups is 1. The zero-order valence-corrected chi connectivity index (χ0v) is 20.7. The van der Waals surface area contributed by atoms with Crippen LogP contribution < -0.4 is 10.6 Å². The lowest BCUT2D eigenvalue weighted by Gasteiger charge is -2.64. The van der Waals surface area contributed by atoms with Crippen LogP contribution >= 0.6 is 0 Å². The van der Waals surface area contributed by atoms with Crippen molar-refractivity contribution in [3.05, 3.63) is 11.6 Å². The van der Waals surface area contributed by atoms with Gasteiger partial charge in [0.2, 0.25) is 0 Å². The fourth-order valence-corrected chi connectivity index (χ4v) is 9.88. The fraction of sp³-hybridized carbons (Fsp3) is 0.893. The van der Waals surface area contributed by atoms with E-state index in [0.717, 1.165) is 43.8 Å². The Kier molecular flexibility index (Phi) is 5.51. The monoisotopic (exact) mass is 456 g/mol. The van der Waals surface area contributed by atoms with Gasteiger partial charge in [0, 0.05) is 23.6 Å². The first-order chi connectivity index (χ1) is 15.8. The predicted octanol–water partition coefficient (Wildman–Crippen LogP) is 3.95. The number of hydrogen-bond acceptors (Lipinski definition) is 5. The molecule has 184 valence electrons. The van der Waals surface area contributed by atoms with Crippen molar-refractivity contribution in [3.8, 4) is 0 Å². The van der Waals surface area contributed by atoms with Gasteiger partial charge in [0.25, 0.3) is 0 Å². The zero-order valence-electron chi connectivity index (χ0n) is 20.7. The molecule has 2 aliphatic heterocycles. The minimum Gasteiger partial charge on any atom is -0.458 e. The lowest BCUT2D eigenvalue weighted by Crippen LogP contribution is -2.63. The van der Waals surface area contributed by atoms with Crippen LogP contribution in [-0.2, 0) is 9.53 Å². The molecule has 0 unspecified atom stereocenters. The molecule has 1 saturated heterocycles. The van der Waals surface area contributed by atoms with Crippen LogP contribution in [-0.4, -0.2) is 48.5 Å². The number of nitrogens with one attached hydrogen (secondary N) is 2. The number of esters is 1. The van der Waals surface area contributed by atoms with Gasteiger partial charge < -0.3 is 20.5 Å². The summed E-state index contributed by atoms with van der Waals surface area (Å²) >= 11 is 0. The second kappa shape index (κ2) is 8.06. The highest BCUT2D eigenvalue weighted by atomic mass is 16.5. The van der Waals surface area contributed by atoms with E-state index in [0.29, 0.717) is 41.9 Å². The van der Waals surface area contributed by atoms with Gasteiger partial charge in [-0.15, -0.1) is 0 Å². The maximum atomic E-state index is 12.4. The van der Waals surface area contributed by atoms with E-state index < -0.39 is 5.60 Å². The lowest BCUT2D eigenvalue weighted by atomic mass is 9.43. The van der Waals surface area contributed by atoms with Crippen LogP contribution in [0.3, 0.4) is 0 Å². The van der Waals surface area contributed by atoms with Gasteiger partial charge in [-0.05, 0) is 118 Å². The quantitative estimate of drug-likeness (QED) is 0.561. The molecule has 5 fully saturated rings. The van der Waals surface area contributed by atoms with Crippen molar-refractivity contribution in [1.29, 1.82) is 0 Å². The highest BCUT2D eigenvalue weighted by Crippen LogP contribution is 2.69. The summed E-state index contributed by atoms with van der Waals surface area (Å²) in [5, 5.41) is 19.9. The molecule has 0 aromatic heterocycles. The second-order valence-electron chi connectivity index (χ2n) is 13.0. The summed E-state index contributed by atoms with van der Waals surface area (Å²) in [5.41, 5.74) is 0.799. The van der Waals surface area contributed by atoms with E-state index in [4.69, 9.17) is 4.74 Å². The molecule has 0 radical (unpaired) electrons. The average molecular weight is 457 g/mol. The maximum Gasteiger partial charge on any atom is 0.331 e. The normalized spacial score (nSPS) is 50.2. The van der Waals surface area contributed by atoms with E-state index >= 15 is 0 Å². The molecule has 0 aromatic carbocycles. The van der Waals surface area contributed by atoms with E-state index in [1.165, 1.54) is 51.4 Å². The third kappa shape index (κ3) is 3.39. The number of cyclic esters (lactones) is 1. The Bertz CT molecular complexity index is 822. The molecule has 2 heterocycles. The number of aliphatic hydroxyl groups is 1. The average Bonchev–Trinajstić information content (AvgIpc) is 3.35. The summed E-state index contributed by atoms with van der Waals surface area (Å²) in [6, 6.07) is 1.38. The van der Waals surface area contributed by atoms with Crippen LogP contribution in [0.2, 0.25) is 0 Å². The molecule has 3 N–H and O–H groups in total. The van der Waals surface area contributed by atoms with Crippen LogP contribution in [0.5, 0.6) is 0 Å². The predicted molar refractivity (Wildman–Crippen MR) is 129 cm³/mol. The number of fused-ring (bicyclic) bond motifs is 5. The highest BCUT2D eigenvalue weighted by molar-refractivity contribution is 5.85. The summed E-state index contributed by atoms with van der Waals surface area (Å²) in [6.45, 7) is 7.67. The Morgan fingerprint density at radius 3 is 2.55 bits per heavy atom. The number of piperidine rings is 1. The molecular weight excluding hydrogens is 412 g/mol. The minimum absolute atomic E-state index is 0.120. The Labute approximate surface area is 199 Å². The Morgan fingerprint density at radius 1 is 0.970 bits per heavy atom. The van der Waals surface area contributed by atoms with E-state index in [1.54, 1.807) is 6.08 Å². The van der Waals surface area contributed by atoms with Gasteiger partial charge in [-0.2, -0.15) is 0 Å². The standard InChI is InChI=1S/C28H44N2O3/c1-26-10-5-21(30-20-8-13-29-14-9-20)16-19(26)3-4-24-23(26)6-11-27(2)22(7-12-28(24,27)32)18-15-25(31)33-17-18/h15,19-24,29-30,32H,3-14,16-17H2,1-2H3/t19-,21+,22-,23+,24-,26+,27-,28+/m1/s1. The molecule has 5 nitrogen and oxygen atoms in total. The first-order valence-corrected chi connectivity index (χ1v) is 13.9. The molecule has 5 heteroatoms. The van der Waals surface area contributed by atoms with Crippen molar-refractivity contribution in [1.82, 2.24) is 10.6 Å². The van der Waals surface area contributed by atoms with Crippen molar-refractivity contribution < 1.29 is 14.6 Å². The van der Waals surface area contributed by atoms with Gasteiger partial charge >= 0.3 is 5.97 Å². The smallest absolute Gasteiger partial charge is 0.331 e. The Hall–Kier alpha value is -0.910. The molecule has 6 aliphatic rings. The van der Waals surface area contributed by atoms with Gasteiger partial charge in [0.15, 0.2) is 0 Å². The topological polar surface area (TPSA) is 70.6 Å². The van der Waals surface area contributed by atoms with Crippen molar-refractivity contribution in [2.24, 2.45) is 34.5 Å². The highest BCUT2D eigenvalue weighted by Gasteiger charge is 2.67. The van der Waals surface area contributed by atoms with Crippen LogP contribution in [0, 0.1) is 34.5 Å². The molecule has 6 rings (SSSR count). The van der Waals surface area contributed by atoms with Gasteiger partial charge in [0.05, 0.1) is 5.60 Å². The SMILES string of the molecule is C[C@]12CC[C@H](NC3CCNCC3)C[C@H]1CC[C@@H]1[C@@H]2CC[C@]2(C)[C@@H](C3=CC(=O)OC3)CC[C@]12O. The van der Waals surface area contributed by atoms with Crippen LogP contribution in [0.4, 0.5) is 0 Å². The second-order valence-corrected chi connectivity index (χ2v) is 13.0. The maximum absolute atomic E-state index is 12.4. The molecule has 4 saturated carbocycles. The van der Waals surface area contributed by atoms with Crippen molar-refractivity contribution in [3.63, 3.8) is 0 Å². The lowest BCUT2D eigenvalue weighted by molar-refractivity contribution is -0.205. The molecule has 0 amide bonds. The van der Waals surface area contributed by atoms with Crippen molar-refractivity contribution in [2.45, 2.75) is 102 Å². The Balaban J connectivity index is 1.19. The van der Waals surface area contributed by atoms with Gasteiger partial charge in [0.1, 0.15) is 6.61 Å². The summed E-state index contributed by atoms with van der Waals surface area (Å²) in [7, 11) is 0. The number of hydrogen-bond donors (Lipinski definition) is 3. The number of carbonyl (C=O) groups excluding carboxylic acids is 1. The number of rotatable bonds is 3. The molecule has 0 aromatic rings. The van der Waals surface area contributed by atoms with E-state index in [9.17, 15) is 9.90 Å².